The van der Waals surface area contributed by atoms with Crippen molar-refractivity contribution in [2.45, 2.75) is 64.1 Å². The maximum atomic E-state index is 13.7. The molecule has 1 amide bonds. The van der Waals surface area contributed by atoms with Gasteiger partial charge in [-0.25, -0.2) is 0 Å². The minimum Gasteiger partial charge on any atom is -0.334 e. The number of piperidine rings is 1. The lowest BCUT2D eigenvalue weighted by Gasteiger charge is -2.37. The SMILES string of the molecule is CCCN1CC2(CCN(C)CC2)C[C@H]1C(=O)N(Cc1cnn(C)c1)C1CC1. The average Bonchev–Trinajstić information content (AvgIpc) is 3.32. The molecular formula is C21H35N5O. The van der Waals surface area contributed by atoms with Crippen LogP contribution in [0, 0.1) is 5.41 Å². The number of amides is 1. The quantitative estimate of drug-likeness (QED) is 0.766. The summed E-state index contributed by atoms with van der Waals surface area (Å²) in [6, 6.07) is 0.515. The summed E-state index contributed by atoms with van der Waals surface area (Å²) in [5.41, 5.74) is 1.50. The number of aromatic nitrogens is 2. The molecule has 0 N–H and O–H groups in total. The van der Waals surface area contributed by atoms with Gasteiger partial charge in [-0.15, -0.1) is 0 Å². The van der Waals surface area contributed by atoms with E-state index in [1.807, 2.05) is 24.1 Å². The number of rotatable bonds is 6. The number of hydrogen-bond acceptors (Lipinski definition) is 4. The fraction of sp³-hybridized carbons (Fsp3) is 0.810. The van der Waals surface area contributed by atoms with Gasteiger partial charge in [-0.2, -0.15) is 5.10 Å². The molecule has 1 aromatic heterocycles. The average molecular weight is 374 g/mol. The molecule has 1 spiro atoms. The van der Waals surface area contributed by atoms with Crippen molar-refractivity contribution in [1.29, 1.82) is 0 Å². The fourth-order valence-electron chi connectivity index (χ4n) is 5.08. The van der Waals surface area contributed by atoms with Crippen molar-refractivity contribution in [3.63, 3.8) is 0 Å². The van der Waals surface area contributed by atoms with E-state index in [9.17, 15) is 4.79 Å². The Morgan fingerprint density at radius 3 is 2.63 bits per heavy atom. The molecule has 2 aliphatic heterocycles. The van der Waals surface area contributed by atoms with E-state index in [1.54, 1.807) is 0 Å². The zero-order chi connectivity index (χ0) is 19.0. The third-order valence-corrected chi connectivity index (χ3v) is 6.83. The van der Waals surface area contributed by atoms with Gasteiger partial charge in [0, 0.05) is 37.9 Å². The van der Waals surface area contributed by atoms with Gasteiger partial charge in [0.2, 0.25) is 5.91 Å². The number of carbonyl (C=O) groups is 1. The Bertz CT molecular complexity index is 659. The van der Waals surface area contributed by atoms with Crippen LogP contribution < -0.4 is 0 Å². The molecule has 1 atom stereocenters. The smallest absolute Gasteiger partial charge is 0.240 e. The van der Waals surface area contributed by atoms with Crippen LogP contribution in [0.15, 0.2) is 12.4 Å². The molecule has 27 heavy (non-hydrogen) atoms. The third-order valence-electron chi connectivity index (χ3n) is 6.83. The maximum absolute atomic E-state index is 13.7. The van der Waals surface area contributed by atoms with Crippen molar-refractivity contribution in [2.24, 2.45) is 12.5 Å². The Morgan fingerprint density at radius 2 is 2.04 bits per heavy atom. The van der Waals surface area contributed by atoms with Crippen molar-refractivity contribution in [2.75, 3.05) is 33.2 Å². The zero-order valence-corrected chi connectivity index (χ0v) is 17.2. The second kappa shape index (κ2) is 7.55. The fourth-order valence-corrected chi connectivity index (χ4v) is 5.08. The lowest BCUT2D eigenvalue weighted by atomic mass is 9.76. The van der Waals surface area contributed by atoms with Crippen LogP contribution in [0.2, 0.25) is 0 Å². The molecule has 4 rings (SSSR count). The minimum absolute atomic E-state index is 0.0747. The van der Waals surface area contributed by atoms with E-state index >= 15 is 0 Å². The van der Waals surface area contributed by atoms with E-state index in [-0.39, 0.29) is 6.04 Å². The van der Waals surface area contributed by atoms with Gasteiger partial charge in [0.05, 0.1) is 12.2 Å². The van der Waals surface area contributed by atoms with Gasteiger partial charge in [-0.3, -0.25) is 14.4 Å². The van der Waals surface area contributed by atoms with Crippen molar-refractivity contribution >= 4 is 5.91 Å². The molecule has 3 heterocycles. The lowest BCUT2D eigenvalue weighted by Crippen LogP contribution is -2.46. The summed E-state index contributed by atoms with van der Waals surface area (Å²) >= 11 is 0. The van der Waals surface area contributed by atoms with Gasteiger partial charge in [0.1, 0.15) is 0 Å². The van der Waals surface area contributed by atoms with Gasteiger partial charge >= 0.3 is 0 Å². The van der Waals surface area contributed by atoms with Gasteiger partial charge in [0.15, 0.2) is 0 Å². The number of carbonyl (C=O) groups excluding carboxylic acids is 1. The number of aryl methyl sites for hydroxylation is 1. The van der Waals surface area contributed by atoms with Crippen LogP contribution in [0.3, 0.4) is 0 Å². The molecule has 1 aromatic rings. The Morgan fingerprint density at radius 1 is 1.30 bits per heavy atom. The van der Waals surface area contributed by atoms with Crippen molar-refractivity contribution < 1.29 is 4.79 Å². The number of likely N-dealkylation sites (tertiary alicyclic amines) is 2. The second-order valence-corrected chi connectivity index (χ2v) is 9.21. The summed E-state index contributed by atoms with van der Waals surface area (Å²) in [6.07, 6.45) is 10.9. The van der Waals surface area contributed by atoms with E-state index in [1.165, 1.54) is 25.9 Å². The van der Waals surface area contributed by atoms with Crippen LogP contribution in [-0.2, 0) is 18.4 Å². The van der Waals surface area contributed by atoms with Gasteiger partial charge in [-0.05, 0) is 70.6 Å². The first-order chi connectivity index (χ1) is 13.0. The third kappa shape index (κ3) is 4.06. The topological polar surface area (TPSA) is 44.6 Å². The van der Waals surface area contributed by atoms with E-state index < -0.39 is 0 Å². The highest BCUT2D eigenvalue weighted by atomic mass is 16.2. The molecule has 3 fully saturated rings. The monoisotopic (exact) mass is 373 g/mol. The Balaban J connectivity index is 1.50. The molecule has 0 aromatic carbocycles. The molecule has 3 aliphatic rings. The highest BCUT2D eigenvalue weighted by molar-refractivity contribution is 5.83. The predicted octanol–water partition coefficient (Wildman–Crippen LogP) is 2.11. The van der Waals surface area contributed by atoms with Gasteiger partial charge in [0.25, 0.3) is 0 Å². The first kappa shape index (κ1) is 18.9. The summed E-state index contributed by atoms with van der Waals surface area (Å²) in [4.78, 5) is 20.8. The Kier molecular flexibility index (Phi) is 5.30. The molecule has 6 heteroatoms. The second-order valence-electron chi connectivity index (χ2n) is 9.21. The van der Waals surface area contributed by atoms with Crippen molar-refractivity contribution in [3.8, 4) is 0 Å². The van der Waals surface area contributed by atoms with Crippen LogP contribution in [-0.4, -0.2) is 75.7 Å². The molecule has 0 bridgehead atoms. The van der Waals surface area contributed by atoms with Crippen molar-refractivity contribution in [1.82, 2.24) is 24.5 Å². The van der Waals surface area contributed by atoms with Crippen LogP contribution >= 0.6 is 0 Å². The predicted molar refractivity (Wildman–Crippen MR) is 106 cm³/mol. The molecule has 150 valence electrons. The summed E-state index contributed by atoms with van der Waals surface area (Å²) in [5, 5.41) is 4.29. The Hall–Kier alpha value is -1.40. The normalized spacial score (nSPS) is 26.0. The summed E-state index contributed by atoms with van der Waals surface area (Å²) in [6.45, 7) is 7.43. The summed E-state index contributed by atoms with van der Waals surface area (Å²) in [7, 11) is 4.16. The van der Waals surface area contributed by atoms with Gasteiger partial charge < -0.3 is 9.80 Å². The van der Waals surface area contributed by atoms with Crippen LogP contribution in [0.1, 0.15) is 51.0 Å². The highest BCUT2D eigenvalue weighted by Gasteiger charge is 2.49. The molecule has 6 nitrogen and oxygen atoms in total. The van der Waals surface area contributed by atoms with E-state index in [0.29, 0.717) is 23.9 Å². The Labute approximate surface area is 163 Å². The zero-order valence-electron chi connectivity index (χ0n) is 17.2. The summed E-state index contributed by atoms with van der Waals surface area (Å²) in [5.74, 6) is 0.366. The number of nitrogens with zero attached hydrogens (tertiary/aromatic N) is 5. The van der Waals surface area contributed by atoms with Crippen LogP contribution in [0.5, 0.6) is 0 Å². The molecule has 1 aliphatic carbocycles. The number of hydrogen-bond donors (Lipinski definition) is 0. The van der Waals surface area contributed by atoms with E-state index in [0.717, 1.165) is 44.3 Å². The van der Waals surface area contributed by atoms with E-state index in [4.69, 9.17) is 0 Å². The molecular weight excluding hydrogens is 338 g/mol. The molecule has 1 saturated carbocycles. The van der Waals surface area contributed by atoms with Crippen molar-refractivity contribution in [3.05, 3.63) is 18.0 Å². The van der Waals surface area contributed by atoms with Crippen LogP contribution in [0.25, 0.3) is 0 Å². The summed E-state index contributed by atoms with van der Waals surface area (Å²) < 4.78 is 1.83. The molecule has 2 saturated heterocycles. The maximum Gasteiger partial charge on any atom is 0.240 e. The largest absolute Gasteiger partial charge is 0.334 e. The minimum atomic E-state index is 0.0747. The lowest BCUT2D eigenvalue weighted by molar-refractivity contribution is -0.137. The first-order valence-corrected chi connectivity index (χ1v) is 10.7. The van der Waals surface area contributed by atoms with Gasteiger partial charge in [-0.1, -0.05) is 6.92 Å². The van der Waals surface area contributed by atoms with E-state index in [2.05, 4.69) is 33.8 Å². The highest BCUT2D eigenvalue weighted by Crippen LogP contribution is 2.44. The first-order valence-electron chi connectivity index (χ1n) is 10.7. The molecule has 0 radical (unpaired) electrons. The standard InChI is InChI=1S/C21H35N5O/c1-4-9-25-16-21(7-10-23(2)11-8-21)12-19(25)20(27)26(18-5-6-18)15-17-13-22-24(3)14-17/h13-14,18-19H,4-12,15-16H2,1-3H3/t19-/m0/s1. The van der Waals surface area contributed by atoms with Crippen LogP contribution in [0.4, 0.5) is 0 Å². The molecule has 0 unspecified atom stereocenters.